The third kappa shape index (κ3) is 3.91. The molecule has 19 heavy (non-hydrogen) atoms. The van der Waals surface area contributed by atoms with Crippen molar-refractivity contribution in [1.82, 2.24) is 15.1 Å². The fourth-order valence-corrected chi connectivity index (χ4v) is 2.25. The minimum absolute atomic E-state index is 0.122. The second kappa shape index (κ2) is 5.47. The number of aryl methyl sites for hydroxylation is 1. The summed E-state index contributed by atoms with van der Waals surface area (Å²) in [7, 11) is 0. The van der Waals surface area contributed by atoms with E-state index in [1.165, 1.54) is 5.56 Å². The van der Waals surface area contributed by atoms with E-state index < -0.39 is 0 Å². The Morgan fingerprint density at radius 3 is 2.53 bits per heavy atom. The van der Waals surface area contributed by atoms with Crippen LogP contribution >= 0.6 is 15.9 Å². The van der Waals surface area contributed by atoms with Crippen molar-refractivity contribution >= 4 is 15.9 Å². The Morgan fingerprint density at radius 2 is 2.00 bits per heavy atom. The molecule has 0 atom stereocenters. The van der Waals surface area contributed by atoms with E-state index in [0.29, 0.717) is 0 Å². The van der Waals surface area contributed by atoms with Crippen LogP contribution in [0.4, 0.5) is 0 Å². The van der Waals surface area contributed by atoms with E-state index >= 15 is 0 Å². The second-order valence-electron chi connectivity index (χ2n) is 5.78. The summed E-state index contributed by atoms with van der Waals surface area (Å²) >= 11 is 3.64. The normalized spacial score (nSPS) is 11.8. The molecular formula is C15H20BrN3. The van der Waals surface area contributed by atoms with Crippen molar-refractivity contribution in [2.24, 2.45) is 0 Å². The molecule has 0 radical (unpaired) electrons. The first-order chi connectivity index (χ1) is 8.85. The molecule has 0 aliphatic carbocycles. The van der Waals surface area contributed by atoms with Crippen LogP contribution in [0.1, 0.15) is 32.0 Å². The molecule has 3 nitrogen and oxygen atoms in total. The third-order valence-corrected chi connectivity index (χ3v) is 3.57. The van der Waals surface area contributed by atoms with Crippen LogP contribution in [0.2, 0.25) is 0 Å². The maximum atomic E-state index is 4.42. The van der Waals surface area contributed by atoms with Crippen molar-refractivity contribution in [3.05, 3.63) is 46.2 Å². The summed E-state index contributed by atoms with van der Waals surface area (Å²) in [5, 5.41) is 7.91. The van der Waals surface area contributed by atoms with Crippen LogP contribution in [0.15, 0.2) is 34.9 Å². The van der Waals surface area contributed by atoms with Crippen LogP contribution in [0.3, 0.4) is 0 Å². The lowest BCUT2D eigenvalue weighted by atomic mass is 10.1. The van der Waals surface area contributed by atoms with Gasteiger partial charge < -0.3 is 5.32 Å². The Balaban J connectivity index is 2.18. The molecule has 2 aromatic rings. The molecule has 0 amide bonds. The molecule has 0 saturated carbocycles. The van der Waals surface area contributed by atoms with Crippen LogP contribution in [-0.4, -0.2) is 15.3 Å². The molecule has 0 spiro atoms. The summed E-state index contributed by atoms with van der Waals surface area (Å²) in [5.41, 5.74) is 3.47. The quantitative estimate of drug-likeness (QED) is 0.931. The van der Waals surface area contributed by atoms with Crippen LogP contribution in [0, 0.1) is 6.92 Å². The second-order valence-corrected chi connectivity index (χ2v) is 6.64. The molecule has 0 aliphatic heterocycles. The Labute approximate surface area is 123 Å². The zero-order valence-corrected chi connectivity index (χ0v) is 13.5. The summed E-state index contributed by atoms with van der Waals surface area (Å²) in [6, 6.07) is 8.33. The van der Waals surface area contributed by atoms with E-state index in [1.807, 2.05) is 23.9 Å². The summed E-state index contributed by atoms with van der Waals surface area (Å²) in [5.74, 6) is 0. The van der Waals surface area contributed by atoms with Gasteiger partial charge in [-0.1, -0.05) is 22.0 Å². The van der Waals surface area contributed by atoms with Crippen molar-refractivity contribution in [2.75, 3.05) is 0 Å². The lowest BCUT2D eigenvalue weighted by Crippen LogP contribution is -2.35. The van der Waals surface area contributed by atoms with Gasteiger partial charge in [0.2, 0.25) is 0 Å². The third-order valence-electron chi connectivity index (χ3n) is 2.83. The van der Waals surface area contributed by atoms with Gasteiger partial charge >= 0.3 is 0 Å². The zero-order chi connectivity index (χ0) is 14.0. The predicted octanol–water partition coefficient (Wildman–Crippen LogP) is 3.83. The first-order valence-electron chi connectivity index (χ1n) is 6.41. The molecule has 0 unspecified atom stereocenters. The average Bonchev–Trinajstić information content (AvgIpc) is 2.73. The Hall–Kier alpha value is -1.13. The molecule has 1 aromatic carbocycles. The van der Waals surface area contributed by atoms with Gasteiger partial charge in [-0.15, -0.1) is 0 Å². The van der Waals surface area contributed by atoms with E-state index in [2.05, 4.69) is 65.3 Å². The highest BCUT2D eigenvalue weighted by atomic mass is 79.9. The van der Waals surface area contributed by atoms with Crippen molar-refractivity contribution in [2.45, 2.75) is 39.8 Å². The lowest BCUT2D eigenvalue weighted by molar-refractivity contribution is 0.424. The van der Waals surface area contributed by atoms with E-state index in [4.69, 9.17) is 0 Å². The van der Waals surface area contributed by atoms with Gasteiger partial charge in [-0.3, -0.25) is 0 Å². The topological polar surface area (TPSA) is 29.9 Å². The van der Waals surface area contributed by atoms with Gasteiger partial charge in [-0.25, -0.2) is 4.68 Å². The number of nitrogens with one attached hydrogen (secondary N) is 1. The molecule has 1 heterocycles. The van der Waals surface area contributed by atoms with E-state index in [0.717, 1.165) is 22.4 Å². The number of rotatable bonds is 3. The molecule has 0 aliphatic rings. The first kappa shape index (κ1) is 14.3. The minimum Gasteiger partial charge on any atom is -0.308 e. The van der Waals surface area contributed by atoms with Crippen molar-refractivity contribution in [1.29, 1.82) is 0 Å². The van der Waals surface area contributed by atoms with Crippen LogP contribution < -0.4 is 5.32 Å². The van der Waals surface area contributed by atoms with Gasteiger partial charge in [0, 0.05) is 22.8 Å². The predicted molar refractivity (Wildman–Crippen MR) is 82.6 cm³/mol. The summed E-state index contributed by atoms with van der Waals surface area (Å²) in [4.78, 5) is 0. The number of hydrogen-bond donors (Lipinski definition) is 1. The van der Waals surface area contributed by atoms with Gasteiger partial charge in [0.15, 0.2) is 0 Å². The number of halogens is 1. The van der Waals surface area contributed by atoms with Crippen molar-refractivity contribution in [3.63, 3.8) is 0 Å². The smallest absolute Gasteiger partial charge is 0.0657 e. The van der Waals surface area contributed by atoms with Crippen LogP contribution in [-0.2, 0) is 6.54 Å². The van der Waals surface area contributed by atoms with Crippen molar-refractivity contribution < 1.29 is 0 Å². The number of hydrogen-bond acceptors (Lipinski definition) is 2. The minimum atomic E-state index is 0.122. The summed E-state index contributed by atoms with van der Waals surface area (Å²) in [6.07, 6.45) is 1.98. The zero-order valence-electron chi connectivity index (χ0n) is 11.9. The number of benzene rings is 1. The SMILES string of the molecule is Cc1ccn(-c2ccc(CNC(C)(C)C)c(Br)c2)n1. The maximum absolute atomic E-state index is 4.42. The largest absolute Gasteiger partial charge is 0.308 e. The molecule has 1 aromatic heterocycles. The Bertz CT molecular complexity index is 567. The number of aromatic nitrogens is 2. The molecule has 102 valence electrons. The van der Waals surface area contributed by atoms with Crippen molar-refractivity contribution in [3.8, 4) is 5.69 Å². The standard InChI is InChI=1S/C15H20BrN3/c1-11-7-8-19(18-11)13-6-5-12(14(16)9-13)10-17-15(2,3)4/h5-9,17H,10H2,1-4H3. The molecule has 2 rings (SSSR count). The molecule has 4 heteroatoms. The van der Waals surface area contributed by atoms with Crippen LogP contribution in [0.5, 0.6) is 0 Å². The van der Waals surface area contributed by atoms with Gasteiger partial charge in [0.1, 0.15) is 0 Å². The summed E-state index contributed by atoms with van der Waals surface area (Å²) < 4.78 is 3.00. The fraction of sp³-hybridized carbons (Fsp3) is 0.400. The molecular weight excluding hydrogens is 302 g/mol. The number of nitrogens with zero attached hydrogens (tertiary/aromatic N) is 2. The Kier molecular flexibility index (Phi) is 4.11. The monoisotopic (exact) mass is 321 g/mol. The molecule has 0 saturated heterocycles. The first-order valence-corrected chi connectivity index (χ1v) is 7.20. The Morgan fingerprint density at radius 1 is 1.26 bits per heavy atom. The lowest BCUT2D eigenvalue weighted by Gasteiger charge is -2.21. The van der Waals surface area contributed by atoms with Gasteiger partial charge in [-0.2, -0.15) is 5.10 Å². The highest BCUT2D eigenvalue weighted by molar-refractivity contribution is 9.10. The van der Waals surface area contributed by atoms with Gasteiger partial charge in [-0.05, 0) is 51.5 Å². The summed E-state index contributed by atoms with van der Waals surface area (Å²) in [6.45, 7) is 9.35. The average molecular weight is 322 g/mol. The van der Waals surface area contributed by atoms with Gasteiger partial charge in [0.05, 0.1) is 11.4 Å². The maximum Gasteiger partial charge on any atom is 0.0657 e. The van der Waals surface area contributed by atoms with E-state index in [9.17, 15) is 0 Å². The highest BCUT2D eigenvalue weighted by Gasteiger charge is 2.10. The van der Waals surface area contributed by atoms with Crippen LogP contribution in [0.25, 0.3) is 5.69 Å². The van der Waals surface area contributed by atoms with E-state index in [1.54, 1.807) is 0 Å². The van der Waals surface area contributed by atoms with E-state index in [-0.39, 0.29) is 5.54 Å². The fourth-order valence-electron chi connectivity index (χ4n) is 1.74. The highest BCUT2D eigenvalue weighted by Crippen LogP contribution is 2.21. The molecule has 0 bridgehead atoms. The van der Waals surface area contributed by atoms with Gasteiger partial charge in [0.25, 0.3) is 0 Å². The molecule has 1 N–H and O–H groups in total. The molecule has 0 fully saturated rings.